The van der Waals surface area contributed by atoms with Crippen molar-refractivity contribution in [1.29, 1.82) is 10.7 Å². The number of nitrogens with zero attached hydrogens (tertiary/aromatic N) is 2. The quantitative estimate of drug-likeness (QED) is 0.670. The first kappa shape index (κ1) is 14.1. The maximum absolute atomic E-state index is 9.30. The fourth-order valence-corrected chi connectivity index (χ4v) is 4.85. The van der Waals surface area contributed by atoms with E-state index in [4.69, 9.17) is 5.41 Å². The van der Waals surface area contributed by atoms with Crippen molar-refractivity contribution < 1.29 is 0 Å². The molecule has 0 radical (unpaired) electrons. The first-order chi connectivity index (χ1) is 10.1. The Labute approximate surface area is 132 Å². The molecule has 1 atom stereocenters. The molecule has 5 heteroatoms. The standard InChI is InChI=1S/C16H15N3S2/c1-3-15(18)19-8-13(16-11(7-17)4-5-20-16)12-6-10(2)21-14(12)9-19/h3-6,13,18H,1,8-9H2,2H3/t13-/m0/s1. The highest BCUT2D eigenvalue weighted by molar-refractivity contribution is 7.12. The molecule has 2 aromatic heterocycles. The zero-order valence-electron chi connectivity index (χ0n) is 11.7. The van der Waals surface area contributed by atoms with E-state index in [1.54, 1.807) is 28.7 Å². The van der Waals surface area contributed by atoms with Crippen LogP contribution in [0.5, 0.6) is 0 Å². The van der Waals surface area contributed by atoms with E-state index in [-0.39, 0.29) is 5.92 Å². The number of hydrogen-bond acceptors (Lipinski definition) is 4. The van der Waals surface area contributed by atoms with Crippen molar-refractivity contribution in [2.75, 3.05) is 6.54 Å². The highest BCUT2D eigenvalue weighted by Gasteiger charge is 2.31. The Morgan fingerprint density at radius 1 is 1.62 bits per heavy atom. The molecule has 0 bridgehead atoms. The van der Waals surface area contributed by atoms with Crippen molar-refractivity contribution >= 4 is 28.5 Å². The normalized spacial score (nSPS) is 17.1. The largest absolute Gasteiger partial charge is 0.351 e. The van der Waals surface area contributed by atoms with Crippen LogP contribution in [0, 0.1) is 23.7 Å². The summed E-state index contributed by atoms with van der Waals surface area (Å²) in [6, 6.07) is 6.41. The SMILES string of the molecule is C=CC(=N)N1Cc2sc(C)cc2[C@@H](c2sccc2C#N)C1. The molecule has 3 nitrogen and oxygen atoms in total. The number of aryl methyl sites for hydroxylation is 1. The molecule has 0 amide bonds. The number of amidine groups is 1. The second-order valence-electron chi connectivity index (χ2n) is 5.07. The summed E-state index contributed by atoms with van der Waals surface area (Å²) in [5.41, 5.74) is 2.08. The van der Waals surface area contributed by atoms with Crippen molar-refractivity contribution in [3.8, 4) is 6.07 Å². The maximum Gasteiger partial charge on any atom is 0.120 e. The van der Waals surface area contributed by atoms with Gasteiger partial charge < -0.3 is 4.90 Å². The summed E-state index contributed by atoms with van der Waals surface area (Å²) >= 11 is 3.42. The summed E-state index contributed by atoms with van der Waals surface area (Å²) in [6.45, 7) is 7.33. The van der Waals surface area contributed by atoms with E-state index in [0.29, 0.717) is 5.84 Å². The van der Waals surface area contributed by atoms with Crippen LogP contribution in [0.1, 0.15) is 31.7 Å². The average molecular weight is 313 g/mol. The lowest BCUT2D eigenvalue weighted by Crippen LogP contribution is -2.36. The minimum Gasteiger partial charge on any atom is -0.351 e. The van der Waals surface area contributed by atoms with Crippen LogP contribution in [-0.4, -0.2) is 17.3 Å². The zero-order valence-corrected chi connectivity index (χ0v) is 13.4. The van der Waals surface area contributed by atoms with Gasteiger partial charge in [-0.05, 0) is 36.1 Å². The Morgan fingerprint density at radius 2 is 2.43 bits per heavy atom. The Kier molecular flexibility index (Phi) is 3.66. The molecule has 0 aliphatic carbocycles. The summed E-state index contributed by atoms with van der Waals surface area (Å²) in [7, 11) is 0. The Hall–Kier alpha value is -1.90. The fourth-order valence-electron chi connectivity index (χ4n) is 2.78. The van der Waals surface area contributed by atoms with E-state index < -0.39 is 0 Å². The average Bonchev–Trinajstić information content (AvgIpc) is 3.09. The van der Waals surface area contributed by atoms with Crippen molar-refractivity contribution in [3.05, 3.63) is 55.9 Å². The van der Waals surface area contributed by atoms with Gasteiger partial charge in [0.2, 0.25) is 0 Å². The van der Waals surface area contributed by atoms with Gasteiger partial charge >= 0.3 is 0 Å². The Balaban J connectivity index is 2.08. The van der Waals surface area contributed by atoms with Crippen LogP contribution in [0.25, 0.3) is 0 Å². The first-order valence-corrected chi connectivity index (χ1v) is 8.36. The highest BCUT2D eigenvalue weighted by Crippen LogP contribution is 2.41. The number of nitriles is 1. The van der Waals surface area contributed by atoms with E-state index in [2.05, 4.69) is 25.6 Å². The summed E-state index contributed by atoms with van der Waals surface area (Å²) < 4.78 is 0. The van der Waals surface area contributed by atoms with Gasteiger partial charge in [0.25, 0.3) is 0 Å². The van der Waals surface area contributed by atoms with Crippen molar-refractivity contribution in [2.24, 2.45) is 0 Å². The maximum atomic E-state index is 9.30. The third-order valence-corrected chi connectivity index (χ3v) is 5.83. The predicted octanol–water partition coefficient (Wildman–Crippen LogP) is 4.10. The van der Waals surface area contributed by atoms with Gasteiger partial charge in [-0.1, -0.05) is 6.58 Å². The lowest BCUT2D eigenvalue weighted by Gasteiger charge is -2.33. The minimum atomic E-state index is 0.175. The number of thiophene rings is 2. The van der Waals surface area contributed by atoms with Crippen LogP contribution < -0.4 is 0 Å². The first-order valence-electron chi connectivity index (χ1n) is 6.66. The van der Waals surface area contributed by atoms with Crippen molar-refractivity contribution in [1.82, 2.24) is 4.90 Å². The van der Waals surface area contributed by atoms with Gasteiger partial charge in [-0.2, -0.15) is 5.26 Å². The number of rotatable bonds is 2. The summed E-state index contributed by atoms with van der Waals surface area (Å²) in [4.78, 5) is 5.73. The van der Waals surface area contributed by atoms with Gasteiger partial charge in [0, 0.05) is 27.1 Å². The Morgan fingerprint density at radius 3 is 3.14 bits per heavy atom. The van der Waals surface area contributed by atoms with Gasteiger partial charge in [-0.15, -0.1) is 22.7 Å². The van der Waals surface area contributed by atoms with E-state index in [1.807, 2.05) is 16.3 Å². The van der Waals surface area contributed by atoms with Crippen LogP contribution in [0.3, 0.4) is 0 Å². The topological polar surface area (TPSA) is 50.9 Å². The van der Waals surface area contributed by atoms with Gasteiger partial charge in [0.1, 0.15) is 11.9 Å². The molecule has 106 valence electrons. The molecule has 0 aromatic carbocycles. The van der Waals surface area contributed by atoms with Crippen LogP contribution in [0.4, 0.5) is 0 Å². The van der Waals surface area contributed by atoms with Crippen LogP contribution in [0.2, 0.25) is 0 Å². The van der Waals surface area contributed by atoms with Gasteiger partial charge in [-0.3, -0.25) is 5.41 Å². The number of nitrogens with one attached hydrogen (secondary N) is 1. The molecule has 1 N–H and O–H groups in total. The Bertz CT molecular complexity index is 748. The zero-order chi connectivity index (χ0) is 15.0. The summed E-state index contributed by atoms with van der Waals surface area (Å²) in [5.74, 6) is 0.625. The van der Waals surface area contributed by atoms with E-state index in [1.165, 1.54) is 15.3 Å². The molecule has 0 fully saturated rings. The predicted molar refractivity (Wildman–Crippen MR) is 88.3 cm³/mol. The molecule has 3 rings (SSSR count). The van der Waals surface area contributed by atoms with Crippen LogP contribution in [-0.2, 0) is 6.54 Å². The summed E-state index contributed by atoms with van der Waals surface area (Å²) in [5, 5.41) is 19.3. The van der Waals surface area contributed by atoms with Gasteiger partial charge in [0.05, 0.1) is 12.1 Å². The molecule has 0 saturated heterocycles. The van der Waals surface area contributed by atoms with Crippen molar-refractivity contribution in [2.45, 2.75) is 19.4 Å². The molecule has 21 heavy (non-hydrogen) atoms. The van der Waals surface area contributed by atoms with Gasteiger partial charge in [-0.25, -0.2) is 0 Å². The van der Waals surface area contributed by atoms with E-state index in [0.717, 1.165) is 23.5 Å². The third kappa shape index (κ3) is 2.41. The lowest BCUT2D eigenvalue weighted by atomic mass is 9.91. The van der Waals surface area contributed by atoms with Crippen molar-refractivity contribution in [3.63, 3.8) is 0 Å². The van der Waals surface area contributed by atoms with E-state index in [9.17, 15) is 5.26 Å². The minimum absolute atomic E-state index is 0.175. The third-order valence-electron chi connectivity index (χ3n) is 3.74. The lowest BCUT2D eigenvalue weighted by molar-refractivity contribution is 0.377. The number of hydrogen-bond donors (Lipinski definition) is 1. The molecular formula is C16H15N3S2. The van der Waals surface area contributed by atoms with Crippen LogP contribution >= 0.6 is 22.7 Å². The molecule has 1 aliphatic rings. The molecule has 0 saturated carbocycles. The molecule has 0 spiro atoms. The second kappa shape index (κ2) is 5.47. The molecular weight excluding hydrogens is 298 g/mol. The molecule has 0 unspecified atom stereocenters. The smallest absolute Gasteiger partial charge is 0.120 e. The molecule has 2 aromatic rings. The monoisotopic (exact) mass is 313 g/mol. The van der Waals surface area contributed by atoms with Crippen LogP contribution in [0.15, 0.2) is 30.2 Å². The second-order valence-corrected chi connectivity index (χ2v) is 7.36. The van der Waals surface area contributed by atoms with E-state index >= 15 is 0 Å². The molecule has 3 heterocycles. The van der Waals surface area contributed by atoms with Gasteiger partial charge in [0.15, 0.2) is 0 Å². The number of fused-ring (bicyclic) bond motifs is 1. The molecule has 1 aliphatic heterocycles. The fraction of sp³-hybridized carbons (Fsp3) is 0.250. The highest BCUT2D eigenvalue weighted by atomic mass is 32.1. The summed E-state index contributed by atoms with van der Waals surface area (Å²) in [6.07, 6.45) is 1.59.